The Morgan fingerprint density at radius 1 is 1.16 bits per heavy atom. The SMILES string of the molecule is CC(CCOC(=O)Nc1cc2cc(F)ccc2cn1)C(=O)NCc1cccc(F)c1Cl. The van der Waals surface area contributed by atoms with Crippen LogP contribution in [0.15, 0.2) is 48.7 Å². The van der Waals surface area contributed by atoms with Gasteiger partial charge < -0.3 is 10.1 Å². The highest BCUT2D eigenvalue weighted by atomic mass is 35.5. The van der Waals surface area contributed by atoms with E-state index in [0.29, 0.717) is 10.9 Å². The smallest absolute Gasteiger partial charge is 0.412 e. The summed E-state index contributed by atoms with van der Waals surface area (Å²) < 4.78 is 31.9. The summed E-state index contributed by atoms with van der Waals surface area (Å²) in [5.74, 6) is -1.43. The molecule has 0 aliphatic carbocycles. The second-order valence-corrected chi connectivity index (χ2v) is 7.32. The van der Waals surface area contributed by atoms with Gasteiger partial charge in [-0.1, -0.05) is 30.7 Å². The fourth-order valence-corrected chi connectivity index (χ4v) is 3.01. The van der Waals surface area contributed by atoms with Crippen molar-refractivity contribution >= 4 is 40.2 Å². The summed E-state index contributed by atoms with van der Waals surface area (Å²) in [6, 6.07) is 10.2. The van der Waals surface area contributed by atoms with Crippen LogP contribution in [0, 0.1) is 17.6 Å². The Bertz CT molecular complexity index is 1110. The van der Waals surface area contributed by atoms with Crippen LogP contribution in [-0.4, -0.2) is 23.6 Å². The van der Waals surface area contributed by atoms with Crippen molar-refractivity contribution in [1.82, 2.24) is 10.3 Å². The van der Waals surface area contributed by atoms with Gasteiger partial charge in [0.15, 0.2) is 0 Å². The highest BCUT2D eigenvalue weighted by Gasteiger charge is 2.15. The van der Waals surface area contributed by atoms with Crippen LogP contribution < -0.4 is 10.6 Å². The standard InChI is InChI=1S/C22H20ClF2N3O3/c1-13(21(29)27-12-15-3-2-4-18(25)20(15)23)7-8-31-22(30)28-19-10-16-9-17(24)6-5-14(16)11-26-19/h2-6,9-11,13H,7-8,12H2,1H3,(H,27,29)(H,26,28,30). The molecule has 0 aliphatic rings. The lowest BCUT2D eigenvalue weighted by molar-refractivity contribution is -0.125. The maximum Gasteiger partial charge on any atom is 0.412 e. The zero-order chi connectivity index (χ0) is 22.4. The number of ether oxygens (including phenoxy) is 1. The number of rotatable bonds is 7. The molecule has 0 fully saturated rings. The van der Waals surface area contributed by atoms with Crippen LogP contribution in [0.3, 0.4) is 0 Å². The number of amides is 2. The number of aromatic nitrogens is 1. The van der Waals surface area contributed by atoms with Crippen LogP contribution in [0.2, 0.25) is 5.02 Å². The summed E-state index contributed by atoms with van der Waals surface area (Å²) in [5.41, 5.74) is 0.473. The molecule has 2 N–H and O–H groups in total. The number of nitrogens with zero attached hydrogens (tertiary/aromatic N) is 1. The summed E-state index contributed by atoms with van der Waals surface area (Å²) in [4.78, 5) is 28.2. The molecular formula is C22H20ClF2N3O3. The highest BCUT2D eigenvalue weighted by Crippen LogP contribution is 2.20. The number of benzene rings is 2. The molecule has 0 saturated carbocycles. The van der Waals surface area contributed by atoms with Gasteiger partial charge in [0, 0.05) is 24.0 Å². The number of hydrogen-bond acceptors (Lipinski definition) is 4. The Balaban J connectivity index is 1.43. The van der Waals surface area contributed by atoms with Gasteiger partial charge in [0.2, 0.25) is 5.91 Å². The monoisotopic (exact) mass is 447 g/mol. The van der Waals surface area contributed by atoms with E-state index in [9.17, 15) is 18.4 Å². The van der Waals surface area contributed by atoms with Crippen molar-refractivity contribution in [2.45, 2.75) is 19.9 Å². The van der Waals surface area contributed by atoms with E-state index in [1.165, 1.54) is 36.5 Å². The van der Waals surface area contributed by atoms with Gasteiger partial charge in [0.1, 0.15) is 17.5 Å². The Morgan fingerprint density at radius 3 is 2.77 bits per heavy atom. The number of halogens is 3. The fourth-order valence-electron chi connectivity index (χ4n) is 2.82. The first-order valence-electron chi connectivity index (χ1n) is 9.53. The summed E-state index contributed by atoms with van der Waals surface area (Å²) in [6.45, 7) is 1.78. The number of carbonyl (C=O) groups excluding carboxylic acids is 2. The third-order valence-corrected chi connectivity index (χ3v) is 5.05. The van der Waals surface area contributed by atoms with E-state index in [0.717, 1.165) is 5.39 Å². The van der Waals surface area contributed by atoms with Gasteiger partial charge in [0.05, 0.1) is 11.6 Å². The molecule has 1 heterocycles. The van der Waals surface area contributed by atoms with Crippen molar-refractivity contribution < 1.29 is 23.1 Å². The van der Waals surface area contributed by atoms with E-state index in [-0.39, 0.29) is 42.1 Å². The van der Waals surface area contributed by atoms with Crippen LogP contribution in [-0.2, 0) is 16.1 Å². The van der Waals surface area contributed by atoms with E-state index in [2.05, 4.69) is 15.6 Å². The van der Waals surface area contributed by atoms with E-state index < -0.39 is 17.8 Å². The van der Waals surface area contributed by atoms with E-state index in [1.807, 2.05) is 0 Å². The first-order valence-corrected chi connectivity index (χ1v) is 9.91. The second-order valence-electron chi connectivity index (χ2n) is 6.94. The van der Waals surface area contributed by atoms with E-state index >= 15 is 0 Å². The molecule has 2 aromatic carbocycles. The summed E-state index contributed by atoms with van der Waals surface area (Å²) in [5, 5.41) is 6.45. The fraction of sp³-hybridized carbons (Fsp3) is 0.227. The molecule has 31 heavy (non-hydrogen) atoms. The molecular weight excluding hydrogens is 428 g/mol. The Kier molecular flexibility index (Phi) is 7.36. The van der Waals surface area contributed by atoms with Crippen molar-refractivity contribution in [1.29, 1.82) is 0 Å². The molecule has 0 aliphatic heterocycles. The van der Waals surface area contributed by atoms with Gasteiger partial charge in [-0.3, -0.25) is 10.1 Å². The lowest BCUT2D eigenvalue weighted by Gasteiger charge is -2.13. The maximum atomic E-state index is 13.4. The van der Waals surface area contributed by atoms with Crippen molar-refractivity contribution in [3.63, 3.8) is 0 Å². The lowest BCUT2D eigenvalue weighted by Crippen LogP contribution is -2.30. The maximum absolute atomic E-state index is 13.4. The number of carbonyl (C=O) groups is 2. The third kappa shape index (κ3) is 6.11. The molecule has 1 aromatic heterocycles. The Hall–Kier alpha value is -3.26. The third-order valence-electron chi connectivity index (χ3n) is 4.63. The number of pyridine rings is 1. The van der Waals surface area contributed by atoms with Gasteiger partial charge in [-0.05, 0) is 47.7 Å². The molecule has 9 heteroatoms. The van der Waals surface area contributed by atoms with E-state index in [1.54, 1.807) is 19.1 Å². The van der Waals surface area contributed by atoms with Gasteiger partial charge in [-0.15, -0.1) is 0 Å². The van der Waals surface area contributed by atoms with Gasteiger partial charge >= 0.3 is 6.09 Å². The molecule has 0 saturated heterocycles. The van der Waals surface area contributed by atoms with Crippen molar-refractivity contribution in [2.75, 3.05) is 11.9 Å². The Labute approximate surface area is 182 Å². The van der Waals surface area contributed by atoms with Crippen molar-refractivity contribution in [2.24, 2.45) is 5.92 Å². The van der Waals surface area contributed by atoms with Crippen LogP contribution in [0.25, 0.3) is 10.8 Å². The average Bonchev–Trinajstić information content (AvgIpc) is 2.74. The summed E-state index contributed by atoms with van der Waals surface area (Å²) in [7, 11) is 0. The number of nitrogens with one attached hydrogen (secondary N) is 2. The average molecular weight is 448 g/mol. The van der Waals surface area contributed by atoms with Crippen LogP contribution in [0.5, 0.6) is 0 Å². The van der Waals surface area contributed by atoms with Crippen LogP contribution >= 0.6 is 11.6 Å². The van der Waals surface area contributed by atoms with Gasteiger partial charge in [-0.2, -0.15) is 0 Å². The normalized spacial score (nSPS) is 11.7. The first kappa shape index (κ1) is 22.4. The van der Waals surface area contributed by atoms with Gasteiger partial charge in [0.25, 0.3) is 0 Å². The highest BCUT2D eigenvalue weighted by molar-refractivity contribution is 6.31. The molecule has 1 unspecified atom stereocenters. The largest absolute Gasteiger partial charge is 0.449 e. The van der Waals surface area contributed by atoms with Gasteiger partial charge in [-0.25, -0.2) is 18.6 Å². The second kappa shape index (κ2) is 10.2. The molecule has 0 bridgehead atoms. The number of anilines is 1. The summed E-state index contributed by atoms with van der Waals surface area (Å²) >= 11 is 5.87. The predicted molar refractivity (Wildman–Crippen MR) is 114 cm³/mol. The molecule has 0 spiro atoms. The first-order chi connectivity index (χ1) is 14.8. The lowest BCUT2D eigenvalue weighted by atomic mass is 10.1. The number of hydrogen-bond donors (Lipinski definition) is 2. The Morgan fingerprint density at radius 2 is 1.97 bits per heavy atom. The minimum Gasteiger partial charge on any atom is -0.449 e. The van der Waals surface area contributed by atoms with Crippen molar-refractivity contribution in [3.8, 4) is 0 Å². The van der Waals surface area contributed by atoms with Crippen LogP contribution in [0.4, 0.5) is 19.4 Å². The van der Waals surface area contributed by atoms with Crippen LogP contribution in [0.1, 0.15) is 18.9 Å². The topological polar surface area (TPSA) is 80.3 Å². The zero-order valence-electron chi connectivity index (χ0n) is 16.6. The molecule has 2 amide bonds. The van der Waals surface area contributed by atoms with E-state index in [4.69, 9.17) is 16.3 Å². The molecule has 3 aromatic rings. The molecule has 0 radical (unpaired) electrons. The molecule has 162 valence electrons. The summed E-state index contributed by atoms with van der Waals surface area (Å²) in [6.07, 6.45) is 1.07. The zero-order valence-corrected chi connectivity index (χ0v) is 17.4. The minimum atomic E-state index is -0.734. The molecule has 1 atom stereocenters. The quantitative estimate of drug-likeness (QED) is 0.530. The molecule has 3 rings (SSSR count). The van der Waals surface area contributed by atoms with Crippen molar-refractivity contribution in [3.05, 3.63) is 70.9 Å². The number of fused-ring (bicyclic) bond motifs is 1. The predicted octanol–water partition coefficient (Wildman–Crippen LogP) is 5.06. The molecule has 6 nitrogen and oxygen atoms in total. The minimum absolute atomic E-state index is 0.00332.